The minimum atomic E-state index is 0.0444. The Balaban J connectivity index is 1.59. The number of carbonyl (C=O) groups is 2. The lowest BCUT2D eigenvalue weighted by atomic mass is 10.2. The van der Waals surface area contributed by atoms with Gasteiger partial charge >= 0.3 is 0 Å². The molecule has 1 aromatic heterocycles. The zero-order valence-electron chi connectivity index (χ0n) is 15.1. The van der Waals surface area contributed by atoms with Crippen molar-refractivity contribution in [1.29, 1.82) is 0 Å². The number of halogens is 1. The van der Waals surface area contributed by atoms with Crippen LogP contribution in [0.4, 0.5) is 0 Å². The first-order chi connectivity index (χ1) is 12.6. The van der Waals surface area contributed by atoms with Crippen LogP contribution in [0.5, 0.6) is 0 Å². The van der Waals surface area contributed by atoms with E-state index in [0.29, 0.717) is 31.2 Å². The number of carbonyl (C=O) groups excluding carboxylic acids is 2. The molecule has 1 fully saturated rings. The Labute approximate surface area is 158 Å². The third-order valence-corrected chi connectivity index (χ3v) is 4.96. The molecular weight excluding hydrogens is 352 g/mol. The molecule has 0 bridgehead atoms. The van der Waals surface area contributed by atoms with Crippen molar-refractivity contribution in [2.45, 2.75) is 19.9 Å². The Morgan fingerprint density at radius 1 is 1.12 bits per heavy atom. The molecule has 1 aliphatic heterocycles. The maximum absolute atomic E-state index is 12.8. The van der Waals surface area contributed by atoms with Crippen molar-refractivity contribution in [3.8, 4) is 0 Å². The number of aromatic nitrogens is 1. The maximum atomic E-state index is 12.8. The molecule has 0 saturated carbocycles. The highest BCUT2D eigenvalue weighted by Crippen LogP contribution is 2.20. The molecule has 3 rings (SSSR count). The first kappa shape index (κ1) is 18.7. The monoisotopic (exact) mass is 376 g/mol. The summed E-state index contributed by atoms with van der Waals surface area (Å²) in [6.45, 7) is 6.20. The summed E-state index contributed by atoms with van der Waals surface area (Å²) in [6, 6.07) is 7.70. The van der Waals surface area contributed by atoms with E-state index in [9.17, 15) is 9.59 Å². The second-order valence-corrected chi connectivity index (χ2v) is 7.05. The average molecular weight is 377 g/mol. The summed E-state index contributed by atoms with van der Waals surface area (Å²) < 4.78 is 1.95. The number of hydrogen-bond donors (Lipinski definition) is 1. The van der Waals surface area contributed by atoms with Gasteiger partial charge in [-0.3, -0.25) is 14.5 Å². The Kier molecular flexibility index (Phi) is 6.16. The van der Waals surface area contributed by atoms with Gasteiger partial charge in [-0.15, -0.1) is 0 Å². The van der Waals surface area contributed by atoms with Gasteiger partial charge in [-0.1, -0.05) is 17.7 Å². The van der Waals surface area contributed by atoms with Gasteiger partial charge in [0, 0.05) is 49.5 Å². The zero-order chi connectivity index (χ0) is 18.5. The van der Waals surface area contributed by atoms with Crippen molar-refractivity contribution in [3.63, 3.8) is 0 Å². The lowest BCUT2D eigenvalue weighted by molar-refractivity contribution is -0.131. The van der Waals surface area contributed by atoms with Crippen molar-refractivity contribution >= 4 is 34.3 Å². The van der Waals surface area contributed by atoms with Crippen LogP contribution in [-0.2, 0) is 16.1 Å². The first-order valence-corrected chi connectivity index (χ1v) is 9.46. The Hall–Kier alpha value is -2.05. The third kappa shape index (κ3) is 4.56. The van der Waals surface area contributed by atoms with Crippen molar-refractivity contribution in [2.24, 2.45) is 0 Å². The molecule has 6 nitrogen and oxygen atoms in total. The van der Waals surface area contributed by atoms with E-state index in [1.54, 1.807) is 0 Å². The molecule has 140 valence electrons. The molecule has 1 saturated heterocycles. The number of hydrogen-bond acceptors (Lipinski definition) is 3. The fourth-order valence-electron chi connectivity index (χ4n) is 3.38. The molecule has 0 atom stereocenters. The van der Waals surface area contributed by atoms with E-state index < -0.39 is 0 Å². The SMILES string of the molecule is CCNC(=O)CN1CCCN(C(=O)Cn2ccc3ccc(Cl)cc32)CC1. The molecule has 1 aromatic carbocycles. The summed E-state index contributed by atoms with van der Waals surface area (Å²) >= 11 is 6.09. The molecule has 7 heteroatoms. The number of benzene rings is 1. The van der Waals surface area contributed by atoms with Gasteiger partial charge in [-0.25, -0.2) is 0 Å². The summed E-state index contributed by atoms with van der Waals surface area (Å²) in [5.74, 6) is 0.144. The van der Waals surface area contributed by atoms with E-state index in [1.807, 2.05) is 46.9 Å². The second-order valence-electron chi connectivity index (χ2n) is 6.61. The van der Waals surface area contributed by atoms with Crippen molar-refractivity contribution in [2.75, 3.05) is 39.3 Å². The topological polar surface area (TPSA) is 57.6 Å². The molecular formula is C19H25ClN4O2. The van der Waals surface area contributed by atoms with Crippen molar-refractivity contribution < 1.29 is 9.59 Å². The molecule has 2 amide bonds. The van der Waals surface area contributed by atoms with Crippen LogP contribution in [0.3, 0.4) is 0 Å². The maximum Gasteiger partial charge on any atom is 0.242 e. The number of rotatable bonds is 5. The quantitative estimate of drug-likeness (QED) is 0.867. The van der Waals surface area contributed by atoms with Crippen molar-refractivity contribution in [3.05, 3.63) is 35.5 Å². The standard InChI is InChI=1S/C19H25ClN4O2/c1-2-21-18(25)13-22-7-3-8-23(11-10-22)19(26)14-24-9-6-15-4-5-16(20)12-17(15)24/h4-6,9,12H,2-3,7-8,10-11,13-14H2,1H3,(H,21,25). The lowest BCUT2D eigenvalue weighted by Crippen LogP contribution is -2.40. The number of nitrogens with zero attached hydrogens (tertiary/aromatic N) is 3. The zero-order valence-corrected chi connectivity index (χ0v) is 15.8. The van der Waals surface area contributed by atoms with Crippen LogP contribution in [0.1, 0.15) is 13.3 Å². The predicted octanol–water partition coefficient (Wildman–Crippen LogP) is 1.97. The fraction of sp³-hybridized carbons (Fsp3) is 0.474. The Morgan fingerprint density at radius 2 is 1.96 bits per heavy atom. The summed E-state index contributed by atoms with van der Waals surface area (Å²) in [5, 5.41) is 4.57. The largest absolute Gasteiger partial charge is 0.355 e. The molecule has 0 spiro atoms. The smallest absolute Gasteiger partial charge is 0.242 e. The van der Waals surface area contributed by atoms with E-state index in [0.717, 1.165) is 37.0 Å². The van der Waals surface area contributed by atoms with Crippen LogP contribution in [-0.4, -0.2) is 65.4 Å². The van der Waals surface area contributed by atoms with E-state index in [1.165, 1.54) is 0 Å². The molecule has 1 N–H and O–H groups in total. The van der Waals surface area contributed by atoms with Gasteiger partial charge in [0.25, 0.3) is 0 Å². The highest BCUT2D eigenvalue weighted by molar-refractivity contribution is 6.31. The van der Waals surface area contributed by atoms with E-state index in [4.69, 9.17) is 11.6 Å². The minimum Gasteiger partial charge on any atom is -0.355 e. The van der Waals surface area contributed by atoms with Gasteiger partial charge in [0.1, 0.15) is 6.54 Å². The summed E-state index contributed by atoms with van der Waals surface area (Å²) in [4.78, 5) is 28.5. The van der Waals surface area contributed by atoms with Gasteiger partial charge in [0.15, 0.2) is 0 Å². The van der Waals surface area contributed by atoms with Gasteiger partial charge in [-0.2, -0.15) is 0 Å². The summed E-state index contributed by atoms with van der Waals surface area (Å²) in [7, 11) is 0. The lowest BCUT2D eigenvalue weighted by Gasteiger charge is -2.22. The highest BCUT2D eigenvalue weighted by Gasteiger charge is 2.20. The van der Waals surface area contributed by atoms with Crippen molar-refractivity contribution in [1.82, 2.24) is 19.7 Å². The van der Waals surface area contributed by atoms with Crippen LogP contribution < -0.4 is 5.32 Å². The molecule has 2 heterocycles. The van der Waals surface area contributed by atoms with Crippen LogP contribution in [0.25, 0.3) is 10.9 Å². The normalized spacial score (nSPS) is 15.8. The van der Waals surface area contributed by atoms with Gasteiger partial charge in [-0.05, 0) is 36.9 Å². The van der Waals surface area contributed by atoms with E-state index >= 15 is 0 Å². The predicted molar refractivity (Wildman–Crippen MR) is 103 cm³/mol. The summed E-state index contributed by atoms with van der Waals surface area (Å²) in [5.41, 5.74) is 0.971. The fourth-order valence-corrected chi connectivity index (χ4v) is 3.54. The van der Waals surface area contributed by atoms with E-state index in [2.05, 4.69) is 10.2 Å². The third-order valence-electron chi connectivity index (χ3n) is 4.72. The summed E-state index contributed by atoms with van der Waals surface area (Å²) in [6.07, 6.45) is 2.81. The molecule has 0 aliphatic carbocycles. The number of likely N-dealkylation sites (N-methyl/N-ethyl adjacent to an activating group) is 1. The second kappa shape index (κ2) is 8.56. The van der Waals surface area contributed by atoms with E-state index in [-0.39, 0.29) is 11.8 Å². The van der Waals surface area contributed by atoms with Gasteiger partial charge in [0.2, 0.25) is 11.8 Å². The van der Waals surface area contributed by atoms with Crippen LogP contribution in [0.15, 0.2) is 30.5 Å². The number of amides is 2. The molecule has 26 heavy (non-hydrogen) atoms. The highest BCUT2D eigenvalue weighted by atomic mass is 35.5. The van der Waals surface area contributed by atoms with Crippen LogP contribution in [0.2, 0.25) is 5.02 Å². The molecule has 0 radical (unpaired) electrons. The van der Waals surface area contributed by atoms with Gasteiger partial charge in [0.05, 0.1) is 6.54 Å². The minimum absolute atomic E-state index is 0.0444. The Bertz CT molecular complexity index is 789. The van der Waals surface area contributed by atoms with Crippen LogP contribution >= 0.6 is 11.6 Å². The van der Waals surface area contributed by atoms with Crippen LogP contribution in [0, 0.1) is 0 Å². The molecule has 1 aliphatic rings. The Morgan fingerprint density at radius 3 is 2.77 bits per heavy atom. The molecule has 0 unspecified atom stereocenters. The number of fused-ring (bicyclic) bond motifs is 1. The molecule has 2 aromatic rings. The van der Waals surface area contributed by atoms with Gasteiger partial charge < -0.3 is 14.8 Å². The number of nitrogens with one attached hydrogen (secondary N) is 1. The first-order valence-electron chi connectivity index (χ1n) is 9.08. The average Bonchev–Trinajstić information content (AvgIpc) is 2.84.